The van der Waals surface area contributed by atoms with Crippen LogP contribution >= 0.6 is 0 Å². The van der Waals surface area contributed by atoms with Crippen molar-refractivity contribution >= 4 is 11.6 Å². The molecule has 1 fully saturated rings. The predicted octanol–water partition coefficient (Wildman–Crippen LogP) is 1.35. The van der Waals surface area contributed by atoms with E-state index in [1.807, 2.05) is 0 Å². The number of nitrogens with zero attached hydrogens (tertiary/aromatic N) is 4. The van der Waals surface area contributed by atoms with Crippen molar-refractivity contribution in [1.29, 1.82) is 5.26 Å². The fourth-order valence-corrected chi connectivity index (χ4v) is 2.10. The van der Waals surface area contributed by atoms with Gasteiger partial charge in [-0.25, -0.2) is 4.68 Å². The van der Waals surface area contributed by atoms with Crippen LogP contribution in [0.2, 0.25) is 0 Å². The zero-order valence-corrected chi connectivity index (χ0v) is 9.61. The van der Waals surface area contributed by atoms with Gasteiger partial charge >= 0.3 is 0 Å². The second kappa shape index (κ2) is 4.44. The van der Waals surface area contributed by atoms with E-state index in [9.17, 15) is 0 Å². The molecule has 2 N–H and O–H groups in total. The SMILES string of the molecule is CCCn1nc(N2CCCC2)c(C#N)c1N. The van der Waals surface area contributed by atoms with Crippen molar-refractivity contribution in [3.63, 3.8) is 0 Å². The molecule has 86 valence electrons. The molecule has 0 saturated carbocycles. The summed E-state index contributed by atoms with van der Waals surface area (Å²) in [5, 5.41) is 13.6. The van der Waals surface area contributed by atoms with Crippen LogP contribution in [0.1, 0.15) is 31.7 Å². The summed E-state index contributed by atoms with van der Waals surface area (Å²) in [6.45, 7) is 4.81. The highest BCUT2D eigenvalue weighted by atomic mass is 15.4. The van der Waals surface area contributed by atoms with Crippen molar-refractivity contribution < 1.29 is 0 Å². The van der Waals surface area contributed by atoms with Crippen molar-refractivity contribution in [2.45, 2.75) is 32.7 Å². The molecule has 0 unspecified atom stereocenters. The largest absolute Gasteiger partial charge is 0.383 e. The Morgan fingerprint density at radius 2 is 2.12 bits per heavy atom. The normalized spacial score (nSPS) is 15.4. The Morgan fingerprint density at radius 3 is 2.69 bits per heavy atom. The highest BCUT2D eigenvalue weighted by molar-refractivity contribution is 5.65. The van der Waals surface area contributed by atoms with Crippen LogP contribution in [0.3, 0.4) is 0 Å². The number of aryl methyl sites for hydroxylation is 1. The lowest BCUT2D eigenvalue weighted by molar-refractivity contribution is 0.609. The molecule has 0 spiro atoms. The molecule has 16 heavy (non-hydrogen) atoms. The molecule has 1 saturated heterocycles. The molecule has 5 nitrogen and oxygen atoms in total. The Kier molecular flexibility index (Phi) is 3.00. The number of nitrogen functional groups attached to an aromatic ring is 1. The second-order valence-electron chi connectivity index (χ2n) is 4.11. The van der Waals surface area contributed by atoms with E-state index in [0.717, 1.165) is 31.9 Å². The van der Waals surface area contributed by atoms with Crippen LogP contribution in [-0.2, 0) is 6.54 Å². The topological polar surface area (TPSA) is 70.9 Å². The monoisotopic (exact) mass is 219 g/mol. The maximum absolute atomic E-state index is 9.13. The summed E-state index contributed by atoms with van der Waals surface area (Å²) >= 11 is 0. The van der Waals surface area contributed by atoms with Gasteiger partial charge in [0.25, 0.3) is 0 Å². The number of nitrogens with two attached hydrogens (primary N) is 1. The molecule has 2 heterocycles. The fourth-order valence-electron chi connectivity index (χ4n) is 2.10. The first-order valence-corrected chi connectivity index (χ1v) is 5.79. The van der Waals surface area contributed by atoms with E-state index in [1.165, 1.54) is 12.8 Å². The summed E-state index contributed by atoms with van der Waals surface area (Å²) in [4.78, 5) is 2.15. The number of hydrogen-bond donors (Lipinski definition) is 1. The van der Waals surface area contributed by atoms with Crippen LogP contribution in [0, 0.1) is 11.3 Å². The first-order valence-electron chi connectivity index (χ1n) is 5.79. The molecule has 1 aromatic rings. The van der Waals surface area contributed by atoms with Gasteiger partial charge in [-0.05, 0) is 19.3 Å². The van der Waals surface area contributed by atoms with Gasteiger partial charge in [-0.15, -0.1) is 0 Å². The van der Waals surface area contributed by atoms with Gasteiger partial charge < -0.3 is 10.6 Å². The van der Waals surface area contributed by atoms with Gasteiger partial charge in [-0.2, -0.15) is 10.4 Å². The molecule has 1 aliphatic rings. The average molecular weight is 219 g/mol. The molecule has 0 aliphatic carbocycles. The van der Waals surface area contributed by atoms with E-state index < -0.39 is 0 Å². The Labute approximate surface area is 95.4 Å². The maximum Gasteiger partial charge on any atom is 0.170 e. The lowest BCUT2D eigenvalue weighted by atomic mass is 10.3. The summed E-state index contributed by atoms with van der Waals surface area (Å²) in [5.74, 6) is 1.28. The number of nitriles is 1. The van der Waals surface area contributed by atoms with E-state index >= 15 is 0 Å². The first kappa shape index (κ1) is 10.8. The lowest BCUT2D eigenvalue weighted by Gasteiger charge is -2.13. The van der Waals surface area contributed by atoms with Gasteiger partial charge in [0, 0.05) is 19.6 Å². The van der Waals surface area contributed by atoms with Crippen molar-refractivity contribution in [2.24, 2.45) is 0 Å². The Hall–Kier alpha value is -1.70. The highest BCUT2D eigenvalue weighted by Crippen LogP contribution is 2.27. The molecule has 0 amide bonds. The third-order valence-electron chi connectivity index (χ3n) is 2.93. The van der Waals surface area contributed by atoms with Crippen LogP contribution in [0.4, 0.5) is 11.6 Å². The van der Waals surface area contributed by atoms with Crippen molar-refractivity contribution in [1.82, 2.24) is 9.78 Å². The first-order chi connectivity index (χ1) is 7.77. The maximum atomic E-state index is 9.13. The van der Waals surface area contributed by atoms with Gasteiger partial charge in [0.2, 0.25) is 0 Å². The third kappa shape index (κ3) is 1.71. The van der Waals surface area contributed by atoms with E-state index in [1.54, 1.807) is 4.68 Å². The summed E-state index contributed by atoms with van der Waals surface area (Å²) in [5.41, 5.74) is 6.46. The standard InChI is InChI=1S/C11H17N5/c1-2-5-16-10(13)9(8-12)11(14-16)15-6-3-4-7-15/h2-7,13H2,1H3. The summed E-state index contributed by atoms with van der Waals surface area (Å²) in [6.07, 6.45) is 3.31. The third-order valence-corrected chi connectivity index (χ3v) is 2.93. The molecular formula is C11H17N5. The molecule has 0 bridgehead atoms. The molecule has 0 radical (unpaired) electrons. The minimum Gasteiger partial charge on any atom is -0.383 e. The molecule has 5 heteroatoms. The van der Waals surface area contributed by atoms with E-state index in [2.05, 4.69) is 23.0 Å². The highest BCUT2D eigenvalue weighted by Gasteiger charge is 2.22. The summed E-state index contributed by atoms with van der Waals surface area (Å²) in [7, 11) is 0. The molecule has 2 rings (SSSR count). The van der Waals surface area contributed by atoms with Crippen LogP contribution in [0.15, 0.2) is 0 Å². The van der Waals surface area contributed by atoms with Gasteiger partial charge in [-0.3, -0.25) is 0 Å². The van der Waals surface area contributed by atoms with E-state index in [0.29, 0.717) is 11.4 Å². The van der Waals surface area contributed by atoms with Crippen molar-refractivity contribution in [3.05, 3.63) is 5.56 Å². The van der Waals surface area contributed by atoms with E-state index in [4.69, 9.17) is 11.0 Å². The van der Waals surface area contributed by atoms with Crippen LogP contribution in [0.25, 0.3) is 0 Å². The summed E-state index contributed by atoms with van der Waals surface area (Å²) < 4.78 is 1.74. The van der Waals surface area contributed by atoms with Crippen LogP contribution < -0.4 is 10.6 Å². The number of anilines is 2. The van der Waals surface area contributed by atoms with Gasteiger partial charge in [0.05, 0.1) is 0 Å². The molecule has 1 aliphatic heterocycles. The smallest absolute Gasteiger partial charge is 0.170 e. The minimum atomic E-state index is 0.506. The predicted molar refractivity (Wildman–Crippen MR) is 63.1 cm³/mol. The van der Waals surface area contributed by atoms with Crippen molar-refractivity contribution in [3.8, 4) is 6.07 Å². The molecule has 1 aromatic heterocycles. The Morgan fingerprint density at radius 1 is 1.44 bits per heavy atom. The van der Waals surface area contributed by atoms with Crippen LogP contribution in [0.5, 0.6) is 0 Å². The molecule has 0 aromatic carbocycles. The minimum absolute atomic E-state index is 0.506. The van der Waals surface area contributed by atoms with Gasteiger partial charge in [0.1, 0.15) is 17.5 Å². The molecule has 0 atom stereocenters. The van der Waals surface area contributed by atoms with Crippen molar-refractivity contribution in [2.75, 3.05) is 23.7 Å². The molecular weight excluding hydrogens is 202 g/mol. The van der Waals surface area contributed by atoms with E-state index in [-0.39, 0.29) is 0 Å². The summed E-state index contributed by atoms with van der Waals surface area (Å²) in [6, 6.07) is 2.17. The number of aromatic nitrogens is 2. The van der Waals surface area contributed by atoms with Gasteiger partial charge in [-0.1, -0.05) is 6.92 Å². The zero-order valence-electron chi connectivity index (χ0n) is 9.61. The van der Waals surface area contributed by atoms with Gasteiger partial charge in [0.15, 0.2) is 5.82 Å². The number of rotatable bonds is 3. The number of hydrogen-bond acceptors (Lipinski definition) is 4. The second-order valence-corrected chi connectivity index (χ2v) is 4.11. The zero-order chi connectivity index (χ0) is 11.5. The quantitative estimate of drug-likeness (QED) is 0.833. The Bertz CT molecular complexity index is 409. The lowest BCUT2D eigenvalue weighted by Crippen LogP contribution is -2.19. The average Bonchev–Trinajstić information content (AvgIpc) is 2.88. The van der Waals surface area contributed by atoms with Crippen LogP contribution in [-0.4, -0.2) is 22.9 Å². The Balaban J connectivity index is 2.36. The fraction of sp³-hybridized carbons (Fsp3) is 0.636.